The van der Waals surface area contributed by atoms with E-state index in [-0.39, 0.29) is 10.8 Å². The van der Waals surface area contributed by atoms with Crippen molar-refractivity contribution in [3.8, 4) is 0 Å². The second kappa shape index (κ2) is 6.29. The van der Waals surface area contributed by atoms with Crippen LogP contribution in [-0.4, -0.2) is 48.3 Å². The minimum atomic E-state index is -3.43. The average Bonchev–Trinajstić information content (AvgIpc) is 3.22. The van der Waals surface area contributed by atoms with E-state index in [4.69, 9.17) is 0 Å². The summed E-state index contributed by atoms with van der Waals surface area (Å²) in [5.74, 6) is -0.0416. The summed E-state index contributed by atoms with van der Waals surface area (Å²) < 4.78 is 28.5. The molecule has 1 N–H and O–H groups in total. The largest absolute Gasteiger partial charge is 0.359 e. The summed E-state index contributed by atoms with van der Waals surface area (Å²) in [6.45, 7) is 1.68. The highest BCUT2D eigenvalue weighted by molar-refractivity contribution is 7.89. The van der Waals surface area contributed by atoms with Crippen LogP contribution in [0.5, 0.6) is 0 Å². The second-order valence-electron chi connectivity index (χ2n) is 5.62. The summed E-state index contributed by atoms with van der Waals surface area (Å²) in [5, 5.41) is 2.58. The van der Waals surface area contributed by atoms with Gasteiger partial charge < -0.3 is 9.88 Å². The van der Waals surface area contributed by atoms with E-state index in [0.29, 0.717) is 31.6 Å². The number of imidazole rings is 1. The minimum Gasteiger partial charge on any atom is -0.359 e. The van der Waals surface area contributed by atoms with Gasteiger partial charge in [-0.2, -0.15) is 4.31 Å². The van der Waals surface area contributed by atoms with Crippen LogP contribution in [0, 0.1) is 0 Å². The predicted molar refractivity (Wildman–Crippen MR) is 86.4 cm³/mol. The molecule has 0 saturated carbocycles. The van der Waals surface area contributed by atoms with Crippen molar-refractivity contribution in [1.29, 1.82) is 0 Å². The molecular weight excluding hydrogens is 316 g/mol. The van der Waals surface area contributed by atoms with Gasteiger partial charge in [-0.15, -0.1) is 0 Å². The lowest BCUT2D eigenvalue weighted by Gasteiger charge is -2.15. The van der Waals surface area contributed by atoms with Gasteiger partial charge in [-0.3, -0.25) is 4.79 Å². The van der Waals surface area contributed by atoms with E-state index < -0.39 is 10.0 Å². The molecule has 124 valence electrons. The summed E-state index contributed by atoms with van der Waals surface area (Å²) in [4.78, 5) is 15.9. The normalized spacial score (nSPS) is 16.0. The topological polar surface area (TPSA) is 84.3 Å². The Balaban J connectivity index is 1.87. The molecule has 1 amide bonds. The van der Waals surface area contributed by atoms with E-state index in [9.17, 15) is 13.2 Å². The summed E-state index contributed by atoms with van der Waals surface area (Å²) >= 11 is 0. The maximum atomic E-state index is 12.6. The molecule has 0 atom stereocenters. The highest BCUT2D eigenvalue weighted by Gasteiger charge is 2.27. The summed E-state index contributed by atoms with van der Waals surface area (Å²) in [6, 6.07) is 4.99. The van der Waals surface area contributed by atoms with Gasteiger partial charge in [-0.25, -0.2) is 13.4 Å². The molecule has 0 bridgehead atoms. The number of rotatable bonds is 5. The number of benzene rings is 1. The molecule has 0 spiro atoms. The van der Waals surface area contributed by atoms with Gasteiger partial charge in [-0.1, -0.05) is 0 Å². The number of fused-ring (bicyclic) bond motifs is 1. The highest BCUT2D eigenvalue weighted by Crippen LogP contribution is 2.24. The van der Waals surface area contributed by atoms with E-state index in [2.05, 4.69) is 10.3 Å². The lowest BCUT2D eigenvalue weighted by molar-refractivity contribution is -0.120. The molecule has 23 heavy (non-hydrogen) atoms. The van der Waals surface area contributed by atoms with Gasteiger partial charge in [-0.05, 0) is 31.0 Å². The Labute approximate surface area is 135 Å². The smallest absolute Gasteiger partial charge is 0.243 e. The Kier molecular flexibility index (Phi) is 4.36. The maximum Gasteiger partial charge on any atom is 0.243 e. The third-order valence-electron chi connectivity index (χ3n) is 4.15. The number of nitrogens with zero attached hydrogens (tertiary/aromatic N) is 3. The van der Waals surface area contributed by atoms with Crippen LogP contribution < -0.4 is 5.32 Å². The van der Waals surface area contributed by atoms with Crippen molar-refractivity contribution in [3.63, 3.8) is 0 Å². The number of carbonyl (C=O) groups excluding carboxylic acids is 1. The van der Waals surface area contributed by atoms with Crippen molar-refractivity contribution >= 4 is 27.0 Å². The van der Waals surface area contributed by atoms with Crippen molar-refractivity contribution in [2.75, 3.05) is 20.1 Å². The zero-order valence-electron chi connectivity index (χ0n) is 13.0. The molecule has 1 aromatic heterocycles. The molecule has 1 aliphatic heterocycles. The molecule has 1 aromatic carbocycles. The first-order chi connectivity index (χ1) is 11.0. The van der Waals surface area contributed by atoms with Gasteiger partial charge in [0.25, 0.3) is 0 Å². The molecule has 8 heteroatoms. The van der Waals surface area contributed by atoms with E-state index in [1.165, 1.54) is 4.31 Å². The number of carbonyl (C=O) groups is 1. The SMILES string of the molecule is CNC(=O)CCn1cnc2cc(S(=O)(=O)N3CCCC3)ccc21. The molecule has 1 fully saturated rings. The number of hydrogen-bond acceptors (Lipinski definition) is 4. The van der Waals surface area contributed by atoms with Crippen LogP contribution in [-0.2, 0) is 21.4 Å². The first-order valence-corrected chi connectivity index (χ1v) is 9.12. The first-order valence-electron chi connectivity index (χ1n) is 7.68. The Hall–Kier alpha value is -1.93. The second-order valence-corrected chi connectivity index (χ2v) is 7.56. The Morgan fingerprint density at radius 2 is 2.04 bits per heavy atom. The van der Waals surface area contributed by atoms with Crippen LogP contribution in [0.1, 0.15) is 19.3 Å². The number of hydrogen-bond donors (Lipinski definition) is 1. The van der Waals surface area contributed by atoms with Crippen molar-refractivity contribution in [1.82, 2.24) is 19.2 Å². The van der Waals surface area contributed by atoms with Gasteiger partial charge in [0.1, 0.15) is 0 Å². The molecule has 1 aliphatic rings. The van der Waals surface area contributed by atoms with Gasteiger partial charge in [0.2, 0.25) is 15.9 Å². The van der Waals surface area contributed by atoms with Gasteiger partial charge in [0, 0.05) is 33.1 Å². The van der Waals surface area contributed by atoms with E-state index >= 15 is 0 Å². The third kappa shape index (κ3) is 3.09. The van der Waals surface area contributed by atoms with Crippen molar-refractivity contribution in [2.45, 2.75) is 30.7 Å². The molecule has 1 saturated heterocycles. The van der Waals surface area contributed by atoms with Gasteiger partial charge in [0.05, 0.1) is 22.3 Å². The molecule has 0 aliphatic carbocycles. The van der Waals surface area contributed by atoms with Gasteiger partial charge >= 0.3 is 0 Å². The molecule has 7 nitrogen and oxygen atoms in total. The molecular formula is C15H20N4O3S. The first kappa shape index (κ1) is 15.9. The standard InChI is InChI=1S/C15H20N4O3S/c1-16-15(20)6-9-18-11-17-13-10-12(4-5-14(13)18)23(21,22)19-7-2-3-8-19/h4-5,10-11H,2-3,6-9H2,1H3,(H,16,20). The minimum absolute atomic E-state index is 0.0416. The quantitative estimate of drug-likeness (QED) is 0.881. The van der Waals surface area contributed by atoms with Crippen molar-refractivity contribution in [2.24, 2.45) is 0 Å². The van der Waals surface area contributed by atoms with E-state index in [1.807, 2.05) is 4.57 Å². The molecule has 2 aromatic rings. The van der Waals surface area contributed by atoms with E-state index in [0.717, 1.165) is 18.4 Å². The lowest BCUT2D eigenvalue weighted by Crippen LogP contribution is -2.27. The molecule has 2 heterocycles. The van der Waals surface area contributed by atoms with Crippen molar-refractivity contribution in [3.05, 3.63) is 24.5 Å². The zero-order chi connectivity index (χ0) is 16.4. The molecule has 3 rings (SSSR count). The average molecular weight is 336 g/mol. The highest BCUT2D eigenvalue weighted by atomic mass is 32.2. The third-order valence-corrected chi connectivity index (χ3v) is 6.05. The monoisotopic (exact) mass is 336 g/mol. The summed E-state index contributed by atoms with van der Waals surface area (Å²) in [6.07, 6.45) is 3.82. The summed E-state index contributed by atoms with van der Waals surface area (Å²) in [7, 11) is -1.83. The number of amides is 1. The Morgan fingerprint density at radius 3 is 2.74 bits per heavy atom. The fourth-order valence-corrected chi connectivity index (χ4v) is 4.34. The fourth-order valence-electron chi connectivity index (χ4n) is 2.81. The number of aromatic nitrogens is 2. The van der Waals surface area contributed by atoms with Crippen LogP contribution in [0.15, 0.2) is 29.4 Å². The van der Waals surface area contributed by atoms with Crippen LogP contribution in [0.4, 0.5) is 0 Å². The van der Waals surface area contributed by atoms with Gasteiger partial charge in [0.15, 0.2) is 0 Å². The lowest BCUT2D eigenvalue weighted by atomic mass is 10.3. The Bertz CT molecular complexity index is 822. The van der Waals surface area contributed by atoms with Crippen LogP contribution in [0.2, 0.25) is 0 Å². The molecule has 0 radical (unpaired) electrons. The van der Waals surface area contributed by atoms with Crippen LogP contribution in [0.3, 0.4) is 0 Å². The van der Waals surface area contributed by atoms with Crippen LogP contribution in [0.25, 0.3) is 11.0 Å². The fraction of sp³-hybridized carbons (Fsp3) is 0.467. The van der Waals surface area contributed by atoms with Crippen LogP contribution >= 0.6 is 0 Å². The zero-order valence-corrected chi connectivity index (χ0v) is 13.8. The number of aryl methyl sites for hydroxylation is 1. The maximum absolute atomic E-state index is 12.6. The number of sulfonamides is 1. The predicted octanol–water partition coefficient (Wildman–Crippen LogP) is 0.957. The molecule has 0 unspecified atom stereocenters. The summed E-state index contributed by atoms with van der Waals surface area (Å²) in [5.41, 5.74) is 1.46. The van der Waals surface area contributed by atoms with E-state index in [1.54, 1.807) is 31.6 Å². The number of nitrogens with one attached hydrogen (secondary N) is 1. The van der Waals surface area contributed by atoms with Crippen molar-refractivity contribution < 1.29 is 13.2 Å². The Morgan fingerprint density at radius 1 is 1.30 bits per heavy atom.